The molecule has 0 aliphatic carbocycles. The molecule has 0 unspecified atom stereocenters. The Balaban J connectivity index is 1.37. The molecule has 192 valence electrons. The summed E-state index contributed by atoms with van der Waals surface area (Å²) in [6, 6.07) is 32.6. The van der Waals surface area contributed by atoms with E-state index in [-0.39, 0.29) is 0 Å². The molecule has 0 fully saturated rings. The Kier molecular flexibility index (Phi) is 5.20. The third-order valence-electron chi connectivity index (χ3n) is 7.03. The van der Waals surface area contributed by atoms with E-state index in [1.54, 1.807) is 43.2 Å². The monoisotopic (exact) mass is 592 g/mol. The minimum absolute atomic E-state index is 0.741. The predicted molar refractivity (Wildman–Crippen MR) is 166 cm³/mol. The standard InChI is InChI=1S/C32H16O4S4/c1-5-13-21-17(9-1)29-25(33-21)26-30(18-10-2-6-14-22(18)34-26)39-40-32-20-12-4-8-16-24(20)36-28(32)27-31(38-37-29)19-11-3-7-15-23(19)35-27/h1-16H. The van der Waals surface area contributed by atoms with Gasteiger partial charge in [0.25, 0.3) is 0 Å². The highest BCUT2D eigenvalue weighted by Gasteiger charge is 2.30. The third kappa shape index (κ3) is 3.40. The lowest BCUT2D eigenvalue weighted by atomic mass is 10.2. The zero-order valence-corrected chi connectivity index (χ0v) is 23.8. The first-order valence-corrected chi connectivity index (χ1v) is 16.9. The summed E-state index contributed by atoms with van der Waals surface area (Å²) in [6.07, 6.45) is 0. The summed E-state index contributed by atoms with van der Waals surface area (Å²) in [4.78, 5) is 4.09. The van der Waals surface area contributed by atoms with Gasteiger partial charge < -0.3 is 17.7 Å². The smallest absolute Gasteiger partial charge is 0.186 e. The highest BCUT2D eigenvalue weighted by molar-refractivity contribution is 8.77. The fourth-order valence-electron chi connectivity index (χ4n) is 5.18. The van der Waals surface area contributed by atoms with E-state index in [1.165, 1.54) is 0 Å². The molecular formula is C32H16O4S4. The Morgan fingerprint density at radius 2 is 0.525 bits per heavy atom. The Labute approximate surface area is 243 Å². The summed E-state index contributed by atoms with van der Waals surface area (Å²) >= 11 is 0. The van der Waals surface area contributed by atoms with Gasteiger partial charge in [-0.15, -0.1) is 0 Å². The zero-order chi connectivity index (χ0) is 26.2. The van der Waals surface area contributed by atoms with Gasteiger partial charge in [-0.25, -0.2) is 0 Å². The van der Waals surface area contributed by atoms with Crippen LogP contribution < -0.4 is 0 Å². The maximum atomic E-state index is 6.54. The number of hydrogen-bond acceptors (Lipinski definition) is 8. The molecule has 40 heavy (non-hydrogen) atoms. The number of furan rings is 4. The first-order chi connectivity index (χ1) is 19.8. The fourth-order valence-corrected chi connectivity index (χ4v) is 10.4. The van der Waals surface area contributed by atoms with Crippen LogP contribution >= 0.6 is 43.2 Å². The van der Waals surface area contributed by atoms with Crippen LogP contribution in [0.2, 0.25) is 0 Å². The number of benzene rings is 4. The molecule has 0 N–H and O–H groups in total. The number of para-hydroxylation sites is 4. The second kappa shape index (κ2) is 8.97. The van der Waals surface area contributed by atoms with Gasteiger partial charge in [-0.3, -0.25) is 0 Å². The van der Waals surface area contributed by atoms with Crippen LogP contribution in [-0.4, -0.2) is 0 Å². The van der Waals surface area contributed by atoms with Gasteiger partial charge in [0.1, 0.15) is 22.3 Å². The lowest BCUT2D eigenvalue weighted by molar-refractivity contribution is 0.558. The maximum absolute atomic E-state index is 6.54. The Morgan fingerprint density at radius 3 is 0.775 bits per heavy atom. The molecule has 4 aromatic carbocycles. The summed E-state index contributed by atoms with van der Waals surface area (Å²) in [6.45, 7) is 0. The largest absolute Gasteiger partial charge is 0.451 e. The number of fused-ring (bicyclic) bond motifs is 14. The average Bonchev–Trinajstić information content (AvgIpc) is 3.74. The van der Waals surface area contributed by atoms with Crippen LogP contribution in [0.4, 0.5) is 0 Å². The summed E-state index contributed by atoms with van der Waals surface area (Å²) in [5.74, 6) is 2.96. The highest BCUT2D eigenvalue weighted by atomic mass is 33.1. The molecule has 1 aliphatic rings. The first-order valence-electron chi connectivity index (χ1n) is 12.6. The number of hydrogen-bond donors (Lipinski definition) is 0. The molecule has 0 atom stereocenters. The first kappa shape index (κ1) is 23.2. The lowest BCUT2D eigenvalue weighted by Crippen LogP contribution is -1.80. The van der Waals surface area contributed by atoms with E-state index < -0.39 is 0 Å². The average molecular weight is 593 g/mol. The van der Waals surface area contributed by atoms with Crippen molar-refractivity contribution >= 4 is 87.1 Å². The lowest BCUT2D eigenvalue weighted by Gasteiger charge is -2.07. The molecule has 0 spiro atoms. The third-order valence-corrected chi connectivity index (χ3v) is 12.0. The zero-order valence-electron chi connectivity index (χ0n) is 20.5. The topological polar surface area (TPSA) is 52.6 Å². The molecule has 8 aromatic rings. The molecule has 0 radical (unpaired) electrons. The van der Waals surface area contributed by atoms with Crippen molar-refractivity contribution in [2.45, 2.75) is 19.6 Å². The van der Waals surface area contributed by atoms with Crippen LogP contribution in [0.15, 0.2) is 134 Å². The molecule has 0 bridgehead atoms. The fraction of sp³-hybridized carbons (Fsp3) is 0. The van der Waals surface area contributed by atoms with Gasteiger partial charge in [-0.1, -0.05) is 48.5 Å². The van der Waals surface area contributed by atoms with E-state index in [1.807, 2.05) is 72.8 Å². The van der Waals surface area contributed by atoms with Crippen LogP contribution in [-0.2, 0) is 0 Å². The Hall–Kier alpha value is -3.56. The van der Waals surface area contributed by atoms with Gasteiger partial charge >= 0.3 is 0 Å². The summed E-state index contributed by atoms with van der Waals surface area (Å²) in [5, 5.41) is 4.20. The molecule has 4 aromatic heterocycles. The van der Waals surface area contributed by atoms with E-state index in [2.05, 4.69) is 24.3 Å². The van der Waals surface area contributed by atoms with Crippen LogP contribution in [0.5, 0.6) is 0 Å². The predicted octanol–water partition coefficient (Wildman–Crippen LogP) is 11.9. The molecule has 8 heteroatoms. The van der Waals surface area contributed by atoms with Crippen molar-refractivity contribution in [3.05, 3.63) is 97.1 Å². The van der Waals surface area contributed by atoms with Crippen molar-refractivity contribution in [3.8, 4) is 23.0 Å². The van der Waals surface area contributed by atoms with Gasteiger partial charge in [-0.2, -0.15) is 0 Å². The highest BCUT2D eigenvalue weighted by Crippen LogP contribution is 2.58. The van der Waals surface area contributed by atoms with Crippen molar-refractivity contribution in [3.63, 3.8) is 0 Å². The van der Waals surface area contributed by atoms with Crippen molar-refractivity contribution in [1.82, 2.24) is 0 Å². The second-order valence-corrected chi connectivity index (χ2v) is 13.7. The van der Waals surface area contributed by atoms with Crippen molar-refractivity contribution in [1.29, 1.82) is 0 Å². The minimum Gasteiger partial charge on any atom is -0.451 e. The van der Waals surface area contributed by atoms with Gasteiger partial charge in [-0.05, 0) is 91.7 Å². The molecule has 5 heterocycles. The van der Waals surface area contributed by atoms with Crippen LogP contribution in [0.1, 0.15) is 0 Å². The van der Waals surface area contributed by atoms with Crippen LogP contribution in [0.3, 0.4) is 0 Å². The van der Waals surface area contributed by atoms with E-state index in [4.69, 9.17) is 17.7 Å². The Bertz CT molecular complexity index is 1930. The number of rotatable bonds is 0. The molecule has 0 saturated carbocycles. The van der Waals surface area contributed by atoms with Crippen molar-refractivity contribution < 1.29 is 17.7 Å². The summed E-state index contributed by atoms with van der Waals surface area (Å²) in [5.41, 5.74) is 3.31. The molecule has 0 amide bonds. The summed E-state index contributed by atoms with van der Waals surface area (Å²) < 4.78 is 26.2. The van der Waals surface area contributed by atoms with Crippen LogP contribution in [0.25, 0.3) is 66.9 Å². The second-order valence-electron chi connectivity index (χ2n) is 9.36. The van der Waals surface area contributed by atoms with E-state index in [9.17, 15) is 0 Å². The molecule has 0 saturated heterocycles. The van der Waals surface area contributed by atoms with Gasteiger partial charge in [0, 0.05) is 21.5 Å². The summed E-state index contributed by atoms with van der Waals surface area (Å²) in [7, 11) is 6.64. The van der Waals surface area contributed by atoms with Crippen molar-refractivity contribution in [2.75, 3.05) is 0 Å². The Morgan fingerprint density at radius 1 is 0.300 bits per heavy atom. The van der Waals surface area contributed by atoms with E-state index >= 15 is 0 Å². The van der Waals surface area contributed by atoms with Crippen LogP contribution in [0, 0.1) is 0 Å². The minimum atomic E-state index is 0.741. The van der Waals surface area contributed by atoms with Gasteiger partial charge in [0.15, 0.2) is 23.0 Å². The molecule has 9 rings (SSSR count). The quantitative estimate of drug-likeness (QED) is 0.161. The van der Waals surface area contributed by atoms with Gasteiger partial charge in [0.05, 0.1) is 19.6 Å². The maximum Gasteiger partial charge on any atom is 0.186 e. The van der Waals surface area contributed by atoms with Crippen molar-refractivity contribution in [2.24, 2.45) is 0 Å². The molecule has 1 aliphatic heterocycles. The molecular weight excluding hydrogens is 577 g/mol. The van der Waals surface area contributed by atoms with Gasteiger partial charge in [0.2, 0.25) is 0 Å². The molecule has 4 nitrogen and oxygen atoms in total. The normalized spacial score (nSPS) is 13.6. The van der Waals surface area contributed by atoms with E-state index in [0.29, 0.717) is 0 Å². The SMILES string of the molecule is c1ccc2c3c(oc2c1)-c1oc2ccccc2c1SSc1c(oc2ccccc12)-c1oc2ccccc2c1SS3. The van der Waals surface area contributed by atoms with E-state index in [0.717, 1.165) is 86.5 Å².